The minimum atomic E-state index is -0.516. The van der Waals surface area contributed by atoms with Crippen LogP contribution in [0.4, 0.5) is 0 Å². The van der Waals surface area contributed by atoms with Crippen molar-refractivity contribution in [3.63, 3.8) is 0 Å². The van der Waals surface area contributed by atoms with Crippen LogP contribution in [0.2, 0.25) is 0 Å². The molecule has 4 N–H and O–H groups in total. The Morgan fingerprint density at radius 3 is 2.75 bits per heavy atom. The van der Waals surface area contributed by atoms with Gasteiger partial charge in [-0.1, -0.05) is 12.2 Å². The Labute approximate surface area is 118 Å². The van der Waals surface area contributed by atoms with E-state index in [1.165, 1.54) is 11.9 Å². The fraction of sp³-hybridized carbons (Fsp3) is 0.462. The molecular formula is C13H21N5O2. The van der Waals surface area contributed by atoms with Crippen LogP contribution in [0, 0.1) is 0 Å². The molecule has 0 aromatic carbocycles. The van der Waals surface area contributed by atoms with Gasteiger partial charge in [-0.05, 0) is 18.9 Å². The Hall–Kier alpha value is -2.31. The molecule has 0 unspecified atom stereocenters. The number of aldehydes is 1. The normalized spacial score (nSPS) is 14.8. The standard InChI is InChI=1S/C13H21N5O2/c1-11(20)18(17-8-3-2-4-9-17)12(10-19)6-5-7-16-13(14)15/h2-4,8,10,12H,5-7,9H2,1H3,(H4,14,15,16)/t12-/m0/s1. The maximum Gasteiger partial charge on any atom is 0.238 e. The van der Waals surface area contributed by atoms with Gasteiger partial charge in [0.05, 0.1) is 6.54 Å². The van der Waals surface area contributed by atoms with Gasteiger partial charge in [0.25, 0.3) is 0 Å². The van der Waals surface area contributed by atoms with Crippen LogP contribution in [0.25, 0.3) is 0 Å². The van der Waals surface area contributed by atoms with E-state index >= 15 is 0 Å². The molecule has 0 spiro atoms. The van der Waals surface area contributed by atoms with Crippen molar-refractivity contribution < 1.29 is 9.59 Å². The summed E-state index contributed by atoms with van der Waals surface area (Å²) in [5.74, 6) is -0.149. The van der Waals surface area contributed by atoms with Gasteiger partial charge in [-0.25, -0.2) is 5.01 Å². The van der Waals surface area contributed by atoms with E-state index in [-0.39, 0.29) is 11.9 Å². The average Bonchev–Trinajstić information content (AvgIpc) is 2.42. The first-order chi connectivity index (χ1) is 9.56. The van der Waals surface area contributed by atoms with Crippen LogP contribution in [-0.2, 0) is 9.59 Å². The Morgan fingerprint density at radius 2 is 2.25 bits per heavy atom. The third kappa shape index (κ3) is 4.75. The van der Waals surface area contributed by atoms with Gasteiger partial charge >= 0.3 is 0 Å². The number of hydrogen-bond acceptors (Lipinski definition) is 4. The highest BCUT2D eigenvalue weighted by Crippen LogP contribution is 2.12. The molecule has 0 aromatic heterocycles. The molecule has 0 bridgehead atoms. The number of guanidine groups is 1. The van der Waals surface area contributed by atoms with Gasteiger partial charge in [-0.15, -0.1) is 0 Å². The molecule has 7 heteroatoms. The van der Waals surface area contributed by atoms with E-state index in [9.17, 15) is 9.59 Å². The van der Waals surface area contributed by atoms with Crippen LogP contribution < -0.4 is 11.5 Å². The average molecular weight is 279 g/mol. The van der Waals surface area contributed by atoms with E-state index in [1.807, 2.05) is 18.2 Å². The number of carbonyl (C=O) groups is 2. The second kappa shape index (κ2) is 7.98. The quantitative estimate of drug-likeness (QED) is 0.289. The Morgan fingerprint density at radius 1 is 1.50 bits per heavy atom. The second-order valence-electron chi connectivity index (χ2n) is 4.41. The number of aliphatic imine (C=N–C) groups is 1. The molecule has 20 heavy (non-hydrogen) atoms. The number of allylic oxidation sites excluding steroid dienone is 2. The van der Waals surface area contributed by atoms with Crippen molar-refractivity contribution >= 4 is 18.2 Å². The van der Waals surface area contributed by atoms with Crippen molar-refractivity contribution in [3.8, 4) is 0 Å². The first-order valence-corrected chi connectivity index (χ1v) is 6.46. The summed E-state index contributed by atoms with van der Waals surface area (Å²) in [6.07, 6.45) is 9.31. The van der Waals surface area contributed by atoms with Crippen molar-refractivity contribution in [2.75, 3.05) is 13.1 Å². The number of nitrogens with two attached hydrogens (primary N) is 2. The van der Waals surface area contributed by atoms with E-state index in [0.29, 0.717) is 25.9 Å². The van der Waals surface area contributed by atoms with Crippen molar-refractivity contribution in [2.45, 2.75) is 25.8 Å². The molecule has 0 radical (unpaired) electrons. The topological polar surface area (TPSA) is 105 Å². The predicted molar refractivity (Wildman–Crippen MR) is 77.3 cm³/mol. The molecule has 0 fully saturated rings. The molecule has 0 aromatic rings. The van der Waals surface area contributed by atoms with Crippen LogP contribution in [0.5, 0.6) is 0 Å². The zero-order chi connectivity index (χ0) is 15.0. The zero-order valence-corrected chi connectivity index (χ0v) is 11.6. The molecule has 0 aliphatic carbocycles. The lowest BCUT2D eigenvalue weighted by Gasteiger charge is -2.37. The fourth-order valence-electron chi connectivity index (χ4n) is 1.98. The third-order valence-electron chi connectivity index (χ3n) is 2.82. The van der Waals surface area contributed by atoms with Gasteiger partial charge in [0.15, 0.2) is 5.96 Å². The lowest BCUT2D eigenvalue weighted by molar-refractivity contribution is -0.149. The zero-order valence-electron chi connectivity index (χ0n) is 11.6. The van der Waals surface area contributed by atoms with Crippen molar-refractivity contribution in [2.24, 2.45) is 16.5 Å². The van der Waals surface area contributed by atoms with Gasteiger partial charge in [0, 0.05) is 19.7 Å². The van der Waals surface area contributed by atoms with E-state index in [2.05, 4.69) is 4.99 Å². The first-order valence-electron chi connectivity index (χ1n) is 6.46. The Balaban J connectivity index is 2.64. The van der Waals surface area contributed by atoms with Crippen LogP contribution in [0.15, 0.2) is 29.4 Å². The number of hydrogen-bond donors (Lipinski definition) is 2. The highest BCUT2D eigenvalue weighted by Gasteiger charge is 2.24. The van der Waals surface area contributed by atoms with Gasteiger partial charge < -0.3 is 16.3 Å². The summed E-state index contributed by atoms with van der Waals surface area (Å²) in [6, 6.07) is -0.516. The van der Waals surface area contributed by atoms with Crippen LogP contribution in [-0.4, -0.2) is 47.3 Å². The van der Waals surface area contributed by atoms with Crippen molar-refractivity contribution in [3.05, 3.63) is 24.4 Å². The lowest BCUT2D eigenvalue weighted by Crippen LogP contribution is -2.50. The highest BCUT2D eigenvalue weighted by molar-refractivity contribution is 5.77. The third-order valence-corrected chi connectivity index (χ3v) is 2.82. The molecule has 1 aliphatic heterocycles. The summed E-state index contributed by atoms with van der Waals surface area (Å²) in [4.78, 5) is 26.9. The first kappa shape index (κ1) is 15.7. The van der Waals surface area contributed by atoms with Crippen molar-refractivity contribution in [1.82, 2.24) is 10.0 Å². The minimum absolute atomic E-state index is 0.0279. The van der Waals surface area contributed by atoms with Crippen molar-refractivity contribution in [1.29, 1.82) is 0 Å². The predicted octanol–water partition coefficient (Wildman–Crippen LogP) is -0.243. The molecule has 0 saturated carbocycles. The lowest BCUT2D eigenvalue weighted by atomic mass is 10.1. The van der Waals surface area contributed by atoms with Gasteiger partial charge in [-0.2, -0.15) is 0 Å². The smallest absolute Gasteiger partial charge is 0.238 e. The van der Waals surface area contributed by atoms with Crippen LogP contribution >= 0.6 is 0 Å². The molecule has 1 amide bonds. The number of rotatable bonds is 7. The number of carbonyl (C=O) groups excluding carboxylic acids is 2. The summed E-state index contributed by atoms with van der Waals surface area (Å²) in [5.41, 5.74) is 10.5. The second-order valence-corrected chi connectivity index (χ2v) is 4.41. The molecular weight excluding hydrogens is 258 g/mol. The van der Waals surface area contributed by atoms with Crippen LogP contribution in [0.3, 0.4) is 0 Å². The summed E-state index contributed by atoms with van der Waals surface area (Å²) in [5, 5.41) is 3.18. The maximum atomic E-state index is 11.8. The summed E-state index contributed by atoms with van der Waals surface area (Å²) >= 11 is 0. The Kier molecular flexibility index (Phi) is 6.28. The van der Waals surface area contributed by atoms with Gasteiger partial charge in [0.1, 0.15) is 12.3 Å². The molecule has 1 rings (SSSR count). The molecule has 1 heterocycles. The molecule has 1 aliphatic rings. The highest BCUT2D eigenvalue weighted by atomic mass is 16.2. The van der Waals surface area contributed by atoms with E-state index in [4.69, 9.17) is 11.5 Å². The monoisotopic (exact) mass is 279 g/mol. The van der Waals surface area contributed by atoms with Gasteiger partial charge in [-0.3, -0.25) is 14.8 Å². The molecule has 1 atom stereocenters. The molecule has 110 valence electrons. The largest absolute Gasteiger partial charge is 0.370 e. The molecule has 7 nitrogen and oxygen atoms in total. The maximum absolute atomic E-state index is 11.8. The molecule has 0 saturated heterocycles. The fourth-order valence-corrected chi connectivity index (χ4v) is 1.98. The minimum Gasteiger partial charge on any atom is -0.370 e. The summed E-state index contributed by atoms with van der Waals surface area (Å²) < 4.78 is 0. The Bertz CT molecular complexity index is 426. The van der Waals surface area contributed by atoms with E-state index in [1.54, 1.807) is 11.2 Å². The number of amides is 1. The summed E-state index contributed by atoms with van der Waals surface area (Å²) in [7, 11) is 0. The van der Waals surface area contributed by atoms with E-state index in [0.717, 1.165) is 6.29 Å². The van der Waals surface area contributed by atoms with Crippen LogP contribution in [0.1, 0.15) is 19.8 Å². The van der Waals surface area contributed by atoms with Gasteiger partial charge in [0.2, 0.25) is 5.91 Å². The van der Waals surface area contributed by atoms with E-state index < -0.39 is 6.04 Å². The SMILES string of the molecule is CC(=O)N([C@H](C=O)CCCN=C(N)N)N1C=CC=CC1. The number of nitrogens with zero attached hydrogens (tertiary/aromatic N) is 3. The number of hydrazine groups is 1. The summed E-state index contributed by atoms with van der Waals surface area (Å²) in [6.45, 7) is 2.45.